The lowest BCUT2D eigenvalue weighted by Gasteiger charge is -2.37. The van der Waals surface area contributed by atoms with Crippen LogP contribution in [0.1, 0.15) is 19.8 Å². The van der Waals surface area contributed by atoms with E-state index in [0.717, 1.165) is 19.4 Å². The Labute approximate surface area is 118 Å². The number of anilines is 2. The van der Waals surface area contributed by atoms with E-state index >= 15 is 0 Å². The molecule has 1 aliphatic rings. The van der Waals surface area contributed by atoms with Gasteiger partial charge in [-0.2, -0.15) is 0 Å². The lowest BCUT2D eigenvalue weighted by Crippen LogP contribution is -2.47. The van der Waals surface area contributed by atoms with Crippen molar-refractivity contribution in [3.63, 3.8) is 0 Å². The topological polar surface area (TPSA) is 88.5 Å². The maximum absolute atomic E-state index is 9.72. The third-order valence-electron chi connectivity index (χ3n) is 3.49. The van der Waals surface area contributed by atoms with Gasteiger partial charge in [0.05, 0.1) is 19.3 Å². The van der Waals surface area contributed by atoms with Crippen molar-refractivity contribution < 1.29 is 14.6 Å². The predicted molar refractivity (Wildman–Crippen MR) is 76.2 cm³/mol. The smallest absolute Gasteiger partial charge is 0.204 e. The maximum atomic E-state index is 9.72. The molecule has 1 aromatic rings. The SMILES string of the molecule is CCNc1ncnc(NC2(CO)CCOCC2)c1OC. The molecule has 0 amide bonds. The van der Waals surface area contributed by atoms with E-state index in [4.69, 9.17) is 9.47 Å². The van der Waals surface area contributed by atoms with Gasteiger partial charge in [-0.15, -0.1) is 0 Å². The van der Waals surface area contributed by atoms with Gasteiger partial charge in [-0.05, 0) is 19.8 Å². The van der Waals surface area contributed by atoms with Crippen molar-refractivity contribution in [2.45, 2.75) is 25.3 Å². The van der Waals surface area contributed by atoms with Crippen molar-refractivity contribution in [1.29, 1.82) is 0 Å². The molecule has 7 heteroatoms. The number of methoxy groups -OCH3 is 1. The molecule has 0 atom stereocenters. The van der Waals surface area contributed by atoms with E-state index in [2.05, 4.69) is 20.6 Å². The molecule has 1 saturated heterocycles. The molecule has 1 aliphatic heterocycles. The highest BCUT2D eigenvalue weighted by molar-refractivity contribution is 5.64. The first-order valence-corrected chi connectivity index (χ1v) is 6.84. The summed E-state index contributed by atoms with van der Waals surface area (Å²) in [7, 11) is 1.58. The summed E-state index contributed by atoms with van der Waals surface area (Å²) < 4.78 is 10.8. The Morgan fingerprint density at radius 2 is 2.05 bits per heavy atom. The van der Waals surface area contributed by atoms with Gasteiger partial charge in [0.1, 0.15) is 6.33 Å². The number of nitrogens with zero attached hydrogens (tertiary/aromatic N) is 2. The van der Waals surface area contributed by atoms with Crippen molar-refractivity contribution >= 4 is 11.6 Å². The van der Waals surface area contributed by atoms with Crippen LogP contribution in [-0.2, 0) is 4.74 Å². The van der Waals surface area contributed by atoms with Crippen molar-refractivity contribution in [1.82, 2.24) is 9.97 Å². The summed E-state index contributed by atoms with van der Waals surface area (Å²) in [6.45, 7) is 4.01. The van der Waals surface area contributed by atoms with Crippen LogP contribution < -0.4 is 15.4 Å². The molecule has 1 aromatic heterocycles. The highest BCUT2D eigenvalue weighted by atomic mass is 16.5. The van der Waals surface area contributed by atoms with E-state index < -0.39 is 5.54 Å². The van der Waals surface area contributed by atoms with Crippen molar-refractivity contribution in [2.24, 2.45) is 0 Å². The fourth-order valence-corrected chi connectivity index (χ4v) is 2.29. The van der Waals surface area contributed by atoms with E-state index in [1.165, 1.54) is 6.33 Å². The first-order valence-electron chi connectivity index (χ1n) is 6.84. The zero-order valence-corrected chi connectivity index (χ0v) is 12.0. The molecule has 0 spiro atoms. The number of aliphatic hydroxyl groups is 1. The molecule has 0 aliphatic carbocycles. The van der Waals surface area contributed by atoms with Crippen LogP contribution in [0.3, 0.4) is 0 Å². The Bertz CT molecular complexity index is 436. The molecule has 0 aromatic carbocycles. The van der Waals surface area contributed by atoms with Crippen LogP contribution in [0.25, 0.3) is 0 Å². The Morgan fingerprint density at radius 3 is 2.65 bits per heavy atom. The predicted octanol–water partition coefficient (Wildman–Crippen LogP) is 0.870. The Hall–Kier alpha value is -1.60. The van der Waals surface area contributed by atoms with Crippen LogP contribution in [0, 0.1) is 0 Å². The quantitative estimate of drug-likeness (QED) is 0.713. The van der Waals surface area contributed by atoms with Gasteiger partial charge >= 0.3 is 0 Å². The number of hydrogen-bond donors (Lipinski definition) is 3. The summed E-state index contributed by atoms with van der Waals surface area (Å²) in [6, 6.07) is 0. The number of ether oxygens (including phenoxy) is 2. The number of rotatable bonds is 6. The summed E-state index contributed by atoms with van der Waals surface area (Å²) in [4.78, 5) is 8.41. The van der Waals surface area contributed by atoms with Crippen LogP contribution >= 0.6 is 0 Å². The second kappa shape index (κ2) is 6.71. The minimum atomic E-state index is -0.413. The molecule has 2 heterocycles. The minimum Gasteiger partial charge on any atom is -0.490 e. The molecule has 0 radical (unpaired) electrons. The van der Waals surface area contributed by atoms with Crippen LogP contribution in [0.15, 0.2) is 6.33 Å². The molecule has 3 N–H and O–H groups in total. The average Bonchev–Trinajstić information content (AvgIpc) is 2.49. The number of aliphatic hydroxyl groups excluding tert-OH is 1. The summed E-state index contributed by atoms with van der Waals surface area (Å²) in [5.74, 6) is 1.80. The van der Waals surface area contributed by atoms with Gasteiger partial charge in [-0.1, -0.05) is 0 Å². The number of nitrogens with one attached hydrogen (secondary N) is 2. The molecule has 112 valence electrons. The van der Waals surface area contributed by atoms with Crippen LogP contribution in [0.5, 0.6) is 5.75 Å². The van der Waals surface area contributed by atoms with Crippen LogP contribution in [0.4, 0.5) is 11.6 Å². The molecule has 1 fully saturated rings. The van der Waals surface area contributed by atoms with Gasteiger partial charge in [0.15, 0.2) is 11.6 Å². The van der Waals surface area contributed by atoms with E-state index in [1.807, 2.05) is 6.92 Å². The first-order chi connectivity index (χ1) is 9.74. The summed E-state index contributed by atoms with van der Waals surface area (Å²) in [6.07, 6.45) is 2.94. The monoisotopic (exact) mass is 282 g/mol. The van der Waals surface area contributed by atoms with E-state index in [-0.39, 0.29) is 6.61 Å². The number of aromatic nitrogens is 2. The van der Waals surface area contributed by atoms with Gasteiger partial charge in [0.25, 0.3) is 0 Å². The molecule has 2 rings (SSSR count). The lowest BCUT2D eigenvalue weighted by atomic mass is 9.91. The van der Waals surface area contributed by atoms with Crippen LogP contribution in [0.2, 0.25) is 0 Å². The molecule has 20 heavy (non-hydrogen) atoms. The van der Waals surface area contributed by atoms with Crippen molar-refractivity contribution in [3.8, 4) is 5.75 Å². The third-order valence-corrected chi connectivity index (χ3v) is 3.49. The Kier molecular flexibility index (Phi) is 4.97. The zero-order valence-electron chi connectivity index (χ0n) is 12.0. The van der Waals surface area contributed by atoms with Gasteiger partial charge in [-0.3, -0.25) is 0 Å². The summed E-state index contributed by atoms with van der Waals surface area (Å²) in [5, 5.41) is 16.2. The molecule has 0 unspecified atom stereocenters. The van der Waals surface area contributed by atoms with Crippen molar-refractivity contribution in [3.05, 3.63) is 6.33 Å². The molecule has 0 saturated carbocycles. The van der Waals surface area contributed by atoms with Crippen LogP contribution in [-0.4, -0.2) is 54.1 Å². The minimum absolute atomic E-state index is 0.0278. The molecular weight excluding hydrogens is 260 g/mol. The van der Waals surface area contributed by atoms with Gasteiger partial charge in [0, 0.05) is 19.8 Å². The van der Waals surface area contributed by atoms with E-state index in [0.29, 0.717) is 30.6 Å². The number of hydrogen-bond acceptors (Lipinski definition) is 7. The largest absolute Gasteiger partial charge is 0.490 e. The first kappa shape index (κ1) is 14.8. The fourth-order valence-electron chi connectivity index (χ4n) is 2.29. The second-order valence-corrected chi connectivity index (χ2v) is 4.81. The third kappa shape index (κ3) is 3.10. The Balaban J connectivity index is 2.25. The normalized spacial score (nSPS) is 17.6. The fraction of sp³-hybridized carbons (Fsp3) is 0.692. The van der Waals surface area contributed by atoms with Gasteiger partial charge in [0.2, 0.25) is 5.75 Å². The molecule has 0 bridgehead atoms. The summed E-state index contributed by atoms with van der Waals surface area (Å²) in [5.41, 5.74) is -0.413. The van der Waals surface area contributed by atoms with E-state index in [1.54, 1.807) is 7.11 Å². The lowest BCUT2D eigenvalue weighted by molar-refractivity contribution is 0.0377. The maximum Gasteiger partial charge on any atom is 0.204 e. The molecular formula is C13H22N4O3. The highest BCUT2D eigenvalue weighted by Gasteiger charge is 2.33. The highest BCUT2D eigenvalue weighted by Crippen LogP contribution is 2.33. The zero-order chi connectivity index (χ0) is 14.4. The van der Waals surface area contributed by atoms with Gasteiger partial charge in [-0.25, -0.2) is 9.97 Å². The Morgan fingerprint density at radius 1 is 1.35 bits per heavy atom. The molecule has 7 nitrogen and oxygen atoms in total. The van der Waals surface area contributed by atoms with Gasteiger partial charge < -0.3 is 25.2 Å². The standard InChI is InChI=1S/C13H22N4O3/c1-3-14-11-10(19-2)12(16-9-15-11)17-13(8-18)4-6-20-7-5-13/h9,18H,3-8H2,1-2H3,(H2,14,15,16,17). The second-order valence-electron chi connectivity index (χ2n) is 4.81. The van der Waals surface area contributed by atoms with E-state index in [9.17, 15) is 5.11 Å². The van der Waals surface area contributed by atoms with Crippen molar-refractivity contribution in [2.75, 3.05) is 44.1 Å². The average molecular weight is 282 g/mol. The summed E-state index contributed by atoms with van der Waals surface area (Å²) >= 11 is 0.